The zero-order valence-electron chi connectivity index (χ0n) is 14.5. The molecule has 1 aromatic carbocycles. The van der Waals surface area contributed by atoms with Crippen molar-refractivity contribution in [1.29, 1.82) is 0 Å². The smallest absolute Gasteiger partial charge is 0.274 e. The minimum absolute atomic E-state index is 0.0746. The summed E-state index contributed by atoms with van der Waals surface area (Å²) in [7, 11) is 0. The predicted octanol–water partition coefficient (Wildman–Crippen LogP) is 4.04. The van der Waals surface area contributed by atoms with Gasteiger partial charge in [0.15, 0.2) is 0 Å². The van der Waals surface area contributed by atoms with Gasteiger partial charge in [-0.25, -0.2) is 4.98 Å². The Hall–Kier alpha value is -2.53. The number of nitrogens with zero attached hydrogens (tertiary/aromatic N) is 3. The molecule has 0 fully saturated rings. The first kappa shape index (κ1) is 17.3. The summed E-state index contributed by atoms with van der Waals surface area (Å²) >= 11 is 1.72. The second-order valence-corrected chi connectivity index (χ2v) is 7.39. The molecule has 3 rings (SSSR count). The Bertz CT molecular complexity index is 828. The van der Waals surface area contributed by atoms with Gasteiger partial charge in [0.05, 0.1) is 18.4 Å². The largest absolute Gasteiger partial charge is 0.332 e. The predicted molar refractivity (Wildman–Crippen MR) is 101 cm³/mol. The molecule has 0 aliphatic heterocycles. The summed E-state index contributed by atoms with van der Waals surface area (Å²) < 4.78 is 0. The van der Waals surface area contributed by atoms with Gasteiger partial charge in [0.2, 0.25) is 0 Å². The lowest BCUT2D eigenvalue weighted by atomic mass is 10.1. The Kier molecular flexibility index (Phi) is 5.56. The van der Waals surface area contributed by atoms with Crippen LogP contribution in [0, 0.1) is 13.8 Å². The molecular formula is C20H21N3OS. The highest BCUT2D eigenvalue weighted by molar-refractivity contribution is 7.11. The van der Waals surface area contributed by atoms with Crippen molar-refractivity contribution in [2.75, 3.05) is 6.54 Å². The van der Waals surface area contributed by atoms with Gasteiger partial charge in [-0.2, -0.15) is 0 Å². The van der Waals surface area contributed by atoms with E-state index in [1.54, 1.807) is 23.7 Å². The van der Waals surface area contributed by atoms with Gasteiger partial charge in [-0.3, -0.25) is 9.78 Å². The van der Waals surface area contributed by atoms with Crippen molar-refractivity contribution in [2.45, 2.75) is 26.8 Å². The molecule has 0 spiro atoms. The topological polar surface area (TPSA) is 46.1 Å². The molecule has 0 aliphatic rings. The highest BCUT2D eigenvalue weighted by Crippen LogP contribution is 2.18. The van der Waals surface area contributed by atoms with E-state index in [9.17, 15) is 4.79 Å². The number of benzene rings is 1. The quantitative estimate of drug-likeness (QED) is 0.673. The van der Waals surface area contributed by atoms with Crippen LogP contribution >= 0.6 is 11.3 Å². The van der Waals surface area contributed by atoms with Crippen molar-refractivity contribution >= 4 is 17.2 Å². The third-order valence-corrected chi connectivity index (χ3v) is 4.93. The van der Waals surface area contributed by atoms with Gasteiger partial charge in [0.25, 0.3) is 5.91 Å². The molecule has 5 heteroatoms. The standard InChI is InChI=1S/C20H21N3OS/c1-15-12-22-19(13-21-15)20(24)23(14-18-9-8-16(2)25-18)11-10-17-6-4-3-5-7-17/h3-9,12-13H,10-11,14H2,1-2H3. The number of hydrogen-bond donors (Lipinski definition) is 0. The van der Waals surface area contributed by atoms with Gasteiger partial charge < -0.3 is 4.90 Å². The molecule has 0 bridgehead atoms. The van der Waals surface area contributed by atoms with Gasteiger partial charge in [0, 0.05) is 22.5 Å². The minimum Gasteiger partial charge on any atom is -0.332 e. The lowest BCUT2D eigenvalue weighted by molar-refractivity contribution is 0.0740. The van der Waals surface area contributed by atoms with Gasteiger partial charge in [0.1, 0.15) is 5.69 Å². The van der Waals surface area contributed by atoms with Gasteiger partial charge in [-0.15, -0.1) is 11.3 Å². The molecule has 2 aromatic heterocycles. The van der Waals surface area contributed by atoms with Crippen LogP contribution in [0.3, 0.4) is 0 Å². The summed E-state index contributed by atoms with van der Waals surface area (Å²) in [5.74, 6) is -0.0746. The van der Waals surface area contributed by atoms with Crippen LogP contribution in [0.15, 0.2) is 54.9 Å². The summed E-state index contributed by atoms with van der Waals surface area (Å²) in [6.45, 7) is 5.19. The van der Waals surface area contributed by atoms with Crippen LogP contribution in [0.5, 0.6) is 0 Å². The number of hydrogen-bond acceptors (Lipinski definition) is 4. The number of thiophene rings is 1. The first-order valence-corrected chi connectivity index (χ1v) is 9.10. The van der Waals surface area contributed by atoms with E-state index in [-0.39, 0.29) is 5.91 Å². The average molecular weight is 351 g/mol. The third-order valence-electron chi connectivity index (χ3n) is 3.94. The molecule has 0 aliphatic carbocycles. The highest BCUT2D eigenvalue weighted by Gasteiger charge is 2.18. The number of carbonyl (C=O) groups excluding carboxylic acids is 1. The Morgan fingerprint density at radius 1 is 1.04 bits per heavy atom. The number of aryl methyl sites for hydroxylation is 2. The maximum absolute atomic E-state index is 12.9. The molecule has 0 N–H and O–H groups in total. The molecule has 4 nitrogen and oxygen atoms in total. The van der Waals surface area contributed by atoms with Crippen LogP contribution in [0.4, 0.5) is 0 Å². The minimum atomic E-state index is -0.0746. The molecule has 25 heavy (non-hydrogen) atoms. The SMILES string of the molecule is Cc1cnc(C(=O)N(CCc2ccccc2)Cc2ccc(C)s2)cn1. The van der Waals surface area contributed by atoms with E-state index < -0.39 is 0 Å². The lowest BCUT2D eigenvalue weighted by Gasteiger charge is -2.22. The molecule has 0 atom stereocenters. The highest BCUT2D eigenvalue weighted by atomic mass is 32.1. The zero-order valence-corrected chi connectivity index (χ0v) is 15.3. The maximum atomic E-state index is 12.9. The molecule has 1 amide bonds. The lowest BCUT2D eigenvalue weighted by Crippen LogP contribution is -2.33. The fourth-order valence-electron chi connectivity index (χ4n) is 2.58. The first-order valence-electron chi connectivity index (χ1n) is 8.29. The van der Waals surface area contributed by atoms with E-state index in [4.69, 9.17) is 0 Å². The molecule has 128 valence electrons. The van der Waals surface area contributed by atoms with E-state index in [2.05, 4.69) is 41.2 Å². The number of amides is 1. The van der Waals surface area contributed by atoms with E-state index in [0.717, 1.165) is 12.1 Å². The Labute approximate surface area is 152 Å². The van der Waals surface area contributed by atoms with Gasteiger partial charge in [-0.05, 0) is 38.0 Å². The van der Waals surface area contributed by atoms with Crippen molar-refractivity contribution in [3.05, 3.63) is 81.6 Å². The Morgan fingerprint density at radius 3 is 2.48 bits per heavy atom. The van der Waals surface area contributed by atoms with E-state index in [1.165, 1.54) is 15.3 Å². The van der Waals surface area contributed by atoms with E-state index >= 15 is 0 Å². The average Bonchev–Trinajstić information content (AvgIpc) is 3.04. The normalized spacial score (nSPS) is 10.6. The van der Waals surface area contributed by atoms with Crippen LogP contribution in [0.25, 0.3) is 0 Å². The van der Waals surface area contributed by atoms with Crippen molar-refractivity contribution in [1.82, 2.24) is 14.9 Å². The summed E-state index contributed by atoms with van der Waals surface area (Å²) in [6.07, 6.45) is 4.01. The van der Waals surface area contributed by atoms with Crippen LogP contribution in [-0.2, 0) is 13.0 Å². The Morgan fingerprint density at radius 2 is 1.84 bits per heavy atom. The monoisotopic (exact) mass is 351 g/mol. The summed E-state index contributed by atoms with van der Waals surface area (Å²) in [5.41, 5.74) is 2.42. The molecule has 0 unspecified atom stereocenters. The molecular weight excluding hydrogens is 330 g/mol. The first-order chi connectivity index (χ1) is 12.1. The fourth-order valence-corrected chi connectivity index (χ4v) is 3.49. The van der Waals surface area contributed by atoms with Crippen molar-refractivity contribution in [3.63, 3.8) is 0 Å². The summed E-state index contributed by atoms with van der Waals surface area (Å²) in [5, 5.41) is 0. The molecule has 0 saturated carbocycles. The third kappa shape index (κ3) is 4.73. The molecule has 3 aromatic rings. The summed E-state index contributed by atoms with van der Waals surface area (Å²) in [4.78, 5) is 25.7. The van der Waals surface area contributed by atoms with Gasteiger partial charge >= 0.3 is 0 Å². The maximum Gasteiger partial charge on any atom is 0.274 e. The van der Waals surface area contributed by atoms with Crippen LogP contribution in [0.1, 0.15) is 31.5 Å². The van der Waals surface area contributed by atoms with Crippen LogP contribution in [-0.4, -0.2) is 27.3 Å². The van der Waals surface area contributed by atoms with Crippen molar-refractivity contribution in [2.24, 2.45) is 0 Å². The van der Waals surface area contributed by atoms with E-state index in [1.807, 2.05) is 30.0 Å². The van der Waals surface area contributed by atoms with Crippen molar-refractivity contribution < 1.29 is 4.79 Å². The number of aromatic nitrogens is 2. The molecule has 0 radical (unpaired) electrons. The molecule has 0 saturated heterocycles. The number of carbonyl (C=O) groups is 1. The number of rotatable bonds is 6. The fraction of sp³-hybridized carbons (Fsp3) is 0.250. The van der Waals surface area contributed by atoms with Crippen LogP contribution < -0.4 is 0 Å². The van der Waals surface area contributed by atoms with E-state index in [0.29, 0.717) is 18.8 Å². The second kappa shape index (κ2) is 8.03. The van der Waals surface area contributed by atoms with Crippen LogP contribution in [0.2, 0.25) is 0 Å². The molecule has 2 heterocycles. The van der Waals surface area contributed by atoms with Crippen molar-refractivity contribution in [3.8, 4) is 0 Å². The second-order valence-electron chi connectivity index (χ2n) is 6.02. The summed E-state index contributed by atoms with van der Waals surface area (Å²) in [6, 6.07) is 14.4. The van der Waals surface area contributed by atoms with Gasteiger partial charge in [-0.1, -0.05) is 30.3 Å². The Balaban J connectivity index is 1.77. The zero-order chi connectivity index (χ0) is 17.6.